The van der Waals surface area contributed by atoms with Crippen molar-refractivity contribution in [2.45, 2.75) is 25.1 Å². The van der Waals surface area contributed by atoms with E-state index in [1.807, 2.05) is 12.1 Å². The van der Waals surface area contributed by atoms with Gasteiger partial charge >= 0.3 is 0 Å². The molecule has 1 aromatic carbocycles. The van der Waals surface area contributed by atoms with Crippen LogP contribution in [0.5, 0.6) is 11.5 Å². The molecule has 2 aliphatic rings. The van der Waals surface area contributed by atoms with Gasteiger partial charge < -0.3 is 19.3 Å². The number of ether oxygens (including phenoxy) is 3. The van der Waals surface area contributed by atoms with Gasteiger partial charge in [-0.25, -0.2) is 0 Å². The Morgan fingerprint density at radius 1 is 1.25 bits per heavy atom. The smallest absolute Gasteiger partial charge is 0.125 e. The molecule has 0 spiro atoms. The monoisotopic (exact) mass is 279 g/mol. The van der Waals surface area contributed by atoms with Crippen molar-refractivity contribution in [3.63, 3.8) is 0 Å². The number of benzene rings is 1. The largest absolute Gasteiger partial charge is 0.496 e. The van der Waals surface area contributed by atoms with Gasteiger partial charge in [0.2, 0.25) is 0 Å². The molecule has 0 bridgehead atoms. The van der Waals surface area contributed by atoms with Crippen molar-refractivity contribution in [2.75, 3.05) is 34.0 Å². The first kappa shape index (κ1) is 13.7. The summed E-state index contributed by atoms with van der Waals surface area (Å²) in [5.41, 5.74) is 1.89. The van der Waals surface area contributed by atoms with Crippen LogP contribution in [0.1, 0.15) is 23.7 Å². The maximum atomic E-state index is 10.5. The molecular formula is C15H21NO4. The molecule has 1 fully saturated rings. The van der Waals surface area contributed by atoms with E-state index in [1.165, 1.54) is 0 Å². The normalized spacial score (nSPS) is 26.4. The highest BCUT2D eigenvalue weighted by Gasteiger charge is 2.34. The van der Waals surface area contributed by atoms with Gasteiger partial charge in [-0.1, -0.05) is 0 Å². The standard InChI is InChI=1S/C15H21NO4/c1-18-13-3-4-14(19-2)15-11(13)7-16(8-12(15)17)10-5-6-20-9-10/h3-4,10,12,17H,5-9H2,1-2H3. The Labute approximate surface area is 119 Å². The molecular weight excluding hydrogens is 258 g/mol. The van der Waals surface area contributed by atoms with Crippen LogP contribution in [0, 0.1) is 0 Å². The van der Waals surface area contributed by atoms with Gasteiger partial charge in [0, 0.05) is 36.9 Å². The van der Waals surface area contributed by atoms with Crippen LogP contribution < -0.4 is 9.47 Å². The number of hydrogen-bond acceptors (Lipinski definition) is 5. The minimum absolute atomic E-state index is 0.383. The maximum Gasteiger partial charge on any atom is 0.125 e. The molecule has 0 aliphatic carbocycles. The molecule has 110 valence electrons. The number of aliphatic hydroxyl groups is 1. The maximum absolute atomic E-state index is 10.5. The van der Waals surface area contributed by atoms with Gasteiger partial charge in [-0.2, -0.15) is 0 Å². The van der Waals surface area contributed by atoms with Gasteiger partial charge in [0.15, 0.2) is 0 Å². The molecule has 2 atom stereocenters. The van der Waals surface area contributed by atoms with Gasteiger partial charge in [-0.15, -0.1) is 0 Å². The minimum atomic E-state index is -0.551. The first-order valence-corrected chi connectivity index (χ1v) is 6.98. The number of hydrogen-bond donors (Lipinski definition) is 1. The zero-order chi connectivity index (χ0) is 14.1. The van der Waals surface area contributed by atoms with E-state index in [0.717, 1.165) is 48.8 Å². The lowest BCUT2D eigenvalue weighted by molar-refractivity contribution is 0.0560. The van der Waals surface area contributed by atoms with E-state index in [0.29, 0.717) is 12.6 Å². The van der Waals surface area contributed by atoms with Crippen LogP contribution >= 0.6 is 0 Å². The van der Waals surface area contributed by atoms with E-state index in [4.69, 9.17) is 14.2 Å². The van der Waals surface area contributed by atoms with Crippen molar-refractivity contribution in [1.82, 2.24) is 4.90 Å². The second-order valence-electron chi connectivity index (χ2n) is 5.32. The van der Waals surface area contributed by atoms with E-state index >= 15 is 0 Å². The zero-order valence-corrected chi connectivity index (χ0v) is 12.0. The van der Waals surface area contributed by atoms with Crippen molar-refractivity contribution in [3.05, 3.63) is 23.3 Å². The molecule has 2 heterocycles. The Hall–Kier alpha value is -1.30. The summed E-state index contributed by atoms with van der Waals surface area (Å²) in [5, 5.41) is 10.5. The van der Waals surface area contributed by atoms with E-state index in [1.54, 1.807) is 14.2 Å². The second-order valence-corrected chi connectivity index (χ2v) is 5.32. The fourth-order valence-corrected chi connectivity index (χ4v) is 3.19. The van der Waals surface area contributed by atoms with Crippen molar-refractivity contribution in [2.24, 2.45) is 0 Å². The number of nitrogens with zero attached hydrogens (tertiary/aromatic N) is 1. The van der Waals surface area contributed by atoms with Crippen molar-refractivity contribution in [1.29, 1.82) is 0 Å². The quantitative estimate of drug-likeness (QED) is 0.905. The molecule has 1 saturated heterocycles. The van der Waals surface area contributed by atoms with E-state index in [2.05, 4.69) is 4.90 Å². The van der Waals surface area contributed by atoms with Crippen molar-refractivity contribution < 1.29 is 19.3 Å². The first-order chi connectivity index (χ1) is 9.74. The summed E-state index contributed by atoms with van der Waals surface area (Å²) >= 11 is 0. The topological polar surface area (TPSA) is 51.2 Å². The first-order valence-electron chi connectivity index (χ1n) is 6.98. The highest BCUT2D eigenvalue weighted by molar-refractivity contribution is 5.51. The van der Waals surface area contributed by atoms with E-state index in [-0.39, 0.29) is 0 Å². The Bertz CT molecular complexity index is 485. The molecule has 5 nitrogen and oxygen atoms in total. The van der Waals surface area contributed by atoms with Crippen LogP contribution in [-0.4, -0.2) is 50.0 Å². The molecule has 0 saturated carbocycles. The zero-order valence-electron chi connectivity index (χ0n) is 12.0. The Balaban J connectivity index is 1.96. The highest BCUT2D eigenvalue weighted by atomic mass is 16.5. The Morgan fingerprint density at radius 2 is 2.00 bits per heavy atom. The number of rotatable bonds is 3. The van der Waals surface area contributed by atoms with Gasteiger partial charge in [0.05, 0.1) is 26.9 Å². The summed E-state index contributed by atoms with van der Waals surface area (Å²) in [7, 11) is 3.29. The SMILES string of the molecule is COc1ccc(OC)c2c1CN(C1CCOC1)CC2O. The summed E-state index contributed by atoms with van der Waals surface area (Å²) in [6.07, 6.45) is 0.471. The number of aliphatic hydroxyl groups excluding tert-OH is 1. The average Bonchev–Trinajstić information content (AvgIpc) is 3.00. The molecule has 20 heavy (non-hydrogen) atoms. The summed E-state index contributed by atoms with van der Waals surface area (Å²) in [6, 6.07) is 4.14. The van der Waals surface area contributed by atoms with Crippen LogP contribution in [0.4, 0.5) is 0 Å². The molecule has 2 aliphatic heterocycles. The molecule has 0 radical (unpaired) electrons. The lowest BCUT2D eigenvalue weighted by atomic mass is 9.94. The lowest BCUT2D eigenvalue weighted by Crippen LogP contribution is -2.41. The fraction of sp³-hybridized carbons (Fsp3) is 0.600. The summed E-state index contributed by atoms with van der Waals surface area (Å²) in [6.45, 7) is 2.93. The number of β-amino-alcohol motifs (C(OH)–C–C–N with tert-alkyl or cyclic N) is 1. The van der Waals surface area contributed by atoms with Gasteiger partial charge in [0.25, 0.3) is 0 Å². The molecule has 1 aromatic rings. The molecule has 0 aromatic heterocycles. The van der Waals surface area contributed by atoms with Crippen LogP contribution in [0.2, 0.25) is 0 Å². The fourth-order valence-electron chi connectivity index (χ4n) is 3.19. The summed E-state index contributed by atoms with van der Waals surface area (Å²) < 4.78 is 16.3. The Kier molecular flexibility index (Phi) is 3.83. The van der Waals surface area contributed by atoms with Gasteiger partial charge in [0.1, 0.15) is 11.5 Å². The van der Waals surface area contributed by atoms with E-state index < -0.39 is 6.10 Å². The molecule has 0 amide bonds. The lowest BCUT2D eigenvalue weighted by Gasteiger charge is -2.36. The molecule has 1 N–H and O–H groups in total. The highest BCUT2D eigenvalue weighted by Crippen LogP contribution is 2.40. The van der Waals surface area contributed by atoms with Crippen LogP contribution in [0.15, 0.2) is 12.1 Å². The minimum Gasteiger partial charge on any atom is -0.496 e. The summed E-state index contributed by atoms with van der Waals surface area (Å²) in [5.74, 6) is 1.54. The van der Waals surface area contributed by atoms with Crippen LogP contribution in [-0.2, 0) is 11.3 Å². The third-order valence-corrected chi connectivity index (χ3v) is 4.24. The van der Waals surface area contributed by atoms with Crippen LogP contribution in [0.3, 0.4) is 0 Å². The second kappa shape index (κ2) is 5.60. The molecule has 3 rings (SSSR count). The predicted molar refractivity (Wildman–Crippen MR) is 74.1 cm³/mol. The van der Waals surface area contributed by atoms with E-state index in [9.17, 15) is 5.11 Å². The third kappa shape index (κ3) is 2.26. The van der Waals surface area contributed by atoms with Gasteiger partial charge in [-0.3, -0.25) is 4.90 Å². The summed E-state index contributed by atoms with van der Waals surface area (Å²) in [4.78, 5) is 2.28. The van der Waals surface area contributed by atoms with Crippen molar-refractivity contribution in [3.8, 4) is 11.5 Å². The molecule has 2 unspecified atom stereocenters. The molecule has 5 heteroatoms. The van der Waals surface area contributed by atoms with Crippen molar-refractivity contribution >= 4 is 0 Å². The number of fused-ring (bicyclic) bond motifs is 1. The third-order valence-electron chi connectivity index (χ3n) is 4.24. The number of methoxy groups -OCH3 is 2. The van der Waals surface area contributed by atoms with Gasteiger partial charge in [-0.05, 0) is 18.6 Å². The van der Waals surface area contributed by atoms with Crippen LogP contribution in [0.25, 0.3) is 0 Å². The Morgan fingerprint density at radius 3 is 2.65 bits per heavy atom. The average molecular weight is 279 g/mol. The predicted octanol–water partition coefficient (Wildman–Crippen LogP) is 1.34.